The van der Waals surface area contributed by atoms with Gasteiger partial charge in [0, 0.05) is 6.04 Å². The highest BCUT2D eigenvalue weighted by Gasteiger charge is 2.34. The van der Waals surface area contributed by atoms with Crippen LogP contribution in [-0.2, 0) is 0 Å². The molecule has 0 aromatic rings. The number of fused-ring (bicyclic) bond motifs is 1. The van der Waals surface area contributed by atoms with Crippen LogP contribution >= 0.6 is 0 Å². The first-order valence-corrected chi connectivity index (χ1v) is 4.61. The van der Waals surface area contributed by atoms with E-state index in [1.807, 2.05) is 0 Å². The molecule has 3 atom stereocenters. The highest BCUT2D eigenvalue weighted by molar-refractivity contribution is 5.13. The second-order valence-electron chi connectivity index (χ2n) is 3.94. The van der Waals surface area contributed by atoms with Gasteiger partial charge in [0.15, 0.2) is 0 Å². The Balaban J connectivity index is 2.06. The van der Waals surface area contributed by atoms with Crippen molar-refractivity contribution in [1.29, 1.82) is 5.26 Å². The lowest BCUT2D eigenvalue weighted by atomic mass is 9.85. The van der Waals surface area contributed by atoms with Gasteiger partial charge in [0.05, 0.1) is 12.1 Å². The molecule has 1 fully saturated rings. The highest BCUT2D eigenvalue weighted by atomic mass is 15.0. The van der Waals surface area contributed by atoms with Crippen molar-refractivity contribution in [3.05, 3.63) is 11.6 Å². The molecule has 0 bridgehead atoms. The first-order valence-electron chi connectivity index (χ1n) is 4.61. The van der Waals surface area contributed by atoms with Gasteiger partial charge in [0.25, 0.3) is 0 Å². The smallest absolute Gasteiger partial charge is 0.0958 e. The summed E-state index contributed by atoms with van der Waals surface area (Å²) in [6, 6.07) is 2.99. The van der Waals surface area contributed by atoms with Gasteiger partial charge in [-0.25, -0.2) is 0 Å². The summed E-state index contributed by atoms with van der Waals surface area (Å²) in [5.74, 6) is 0.722. The van der Waals surface area contributed by atoms with Gasteiger partial charge in [-0.1, -0.05) is 11.6 Å². The molecular formula is C10H14N2. The molecule has 0 aromatic heterocycles. The molecule has 0 radical (unpaired) electrons. The van der Waals surface area contributed by atoms with Gasteiger partial charge in [0.2, 0.25) is 0 Å². The highest BCUT2D eigenvalue weighted by Crippen LogP contribution is 2.32. The molecule has 12 heavy (non-hydrogen) atoms. The van der Waals surface area contributed by atoms with Gasteiger partial charge >= 0.3 is 0 Å². The monoisotopic (exact) mass is 162 g/mol. The third-order valence-corrected chi connectivity index (χ3v) is 2.98. The standard InChI is InChI=1S/C10H14N2/c1-7-2-3-10-8(4-7)5-9(6-11)12-10/h2,8-10,12H,3-5H2,1H3/t8-,9?,10?/m0/s1. The van der Waals surface area contributed by atoms with Crippen molar-refractivity contribution in [3.63, 3.8) is 0 Å². The van der Waals surface area contributed by atoms with Crippen molar-refractivity contribution >= 4 is 0 Å². The Hall–Kier alpha value is -0.810. The van der Waals surface area contributed by atoms with E-state index in [9.17, 15) is 0 Å². The first-order chi connectivity index (χ1) is 5.79. The Morgan fingerprint density at radius 3 is 3.25 bits per heavy atom. The number of allylic oxidation sites excluding steroid dienone is 1. The van der Waals surface area contributed by atoms with Crippen molar-refractivity contribution in [3.8, 4) is 6.07 Å². The quantitative estimate of drug-likeness (QED) is 0.549. The molecule has 64 valence electrons. The second kappa shape index (κ2) is 2.91. The van der Waals surface area contributed by atoms with E-state index in [2.05, 4.69) is 24.4 Å². The van der Waals surface area contributed by atoms with Crippen molar-refractivity contribution in [2.75, 3.05) is 0 Å². The molecule has 1 aliphatic carbocycles. The molecule has 2 aliphatic rings. The van der Waals surface area contributed by atoms with Crippen molar-refractivity contribution in [1.82, 2.24) is 5.32 Å². The van der Waals surface area contributed by atoms with Crippen LogP contribution < -0.4 is 5.32 Å². The predicted octanol–water partition coefficient (Wildman–Crippen LogP) is 1.60. The maximum atomic E-state index is 8.75. The zero-order valence-electron chi connectivity index (χ0n) is 7.38. The number of rotatable bonds is 0. The lowest BCUT2D eigenvalue weighted by molar-refractivity contribution is 0.427. The third kappa shape index (κ3) is 1.25. The maximum absolute atomic E-state index is 8.75. The van der Waals surface area contributed by atoms with Crippen LogP contribution in [0.1, 0.15) is 26.2 Å². The van der Waals surface area contributed by atoms with E-state index in [0.717, 1.165) is 18.8 Å². The molecule has 1 aliphatic heterocycles. The third-order valence-electron chi connectivity index (χ3n) is 2.98. The summed E-state index contributed by atoms with van der Waals surface area (Å²) in [5, 5.41) is 12.1. The Labute approximate surface area is 73.3 Å². The number of hydrogen-bond donors (Lipinski definition) is 1. The fourth-order valence-corrected chi connectivity index (χ4v) is 2.33. The van der Waals surface area contributed by atoms with Crippen molar-refractivity contribution in [2.24, 2.45) is 5.92 Å². The van der Waals surface area contributed by atoms with E-state index in [-0.39, 0.29) is 6.04 Å². The minimum absolute atomic E-state index is 0.110. The van der Waals surface area contributed by atoms with Gasteiger partial charge in [-0.3, -0.25) is 5.32 Å². The normalized spacial score (nSPS) is 40.0. The lowest BCUT2D eigenvalue weighted by Gasteiger charge is -2.23. The summed E-state index contributed by atoms with van der Waals surface area (Å²) >= 11 is 0. The summed E-state index contributed by atoms with van der Waals surface area (Å²) in [6.45, 7) is 2.19. The molecule has 0 aromatic carbocycles. The average Bonchev–Trinajstić information content (AvgIpc) is 2.46. The Morgan fingerprint density at radius 1 is 1.67 bits per heavy atom. The van der Waals surface area contributed by atoms with Crippen LogP contribution in [0.4, 0.5) is 0 Å². The number of hydrogen-bond acceptors (Lipinski definition) is 2. The minimum atomic E-state index is 0.110. The van der Waals surface area contributed by atoms with Crippen LogP contribution in [-0.4, -0.2) is 12.1 Å². The van der Waals surface area contributed by atoms with Gasteiger partial charge < -0.3 is 0 Å². The summed E-state index contributed by atoms with van der Waals surface area (Å²) in [5.41, 5.74) is 1.50. The summed E-state index contributed by atoms with van der Waals surface area (Å²) < 4.78 is 0. The molecule has 0 saturated carbocycles. The van der Waals surface area contributed by atoms with Crippen molar-refractivity contribution in [2.45, 2.75) is 38.3 Å². The Bertz CT molecular complexity index is 249. The average molecular weight is 162 g/mol. The molecule has 2 rings (SSSR count). The summed E-state index contributed by atoms with van der Waals surface area (Å²) in [7, 11) is 0. The fourth-order valence-electron chi connectivity index (χ4n) is 2.33. The zero-order valence-corrected chi connectivity index (χ0v) is 7.38. The minimum Gasteiger partial charge on any atom is -0.299 e. The largest absolute Gasteiger partial charge is 0.299 e. The zero-order chi connectivity index (χ0) is 8.55. The van der Waals surface area contributed by atoms with Crippen LogP contribution in [0.25, 0.3) is 0 Å². The maximum Gasteiger partial charge on any atom is 0.0958 e. The number of nitriles is 1. The topological polar surface area (TPSA) is 35.8 Å². The molecular weight excluding hydrogens is 148 g/mol. The van der Waals surface area contributed by atoms with Gasteiger partial charge in [0.1, 0.15) is 0 Å². The van der Waals surface area contributed by atoms with Crippen LogP contribution in [0.2, 0.25) is 0 Å². The summed E-state index contributed by atoms with van der Waals surface area (Å²) in [4.78, 5) is 0. The molecule has 1 heterocycles. The molecule has 2 nitrogen and oxygen atoms in total. The van der Waals surface area contributed by atoms with Crippen molar-refractivity contribution < 1.29 is 0 Å². The van der Waals surface area contributed by atoms with Gasteiger partial charge in [-0.15, -0.1) is 0 Å². The van der Waals surface area contributed by atoms with Gasteiger partial charge in [-0.2, -0.15) is 5.26 Å². The Morgan fingerprint density at radius 2 is 2.50 bits per heavy atom. The molecule has 1 saturated heterocycles. The predicted molar refractivity (Wildman–Crippen MR) is 47.4 cm³/mol. The molecule has 0 spiro atoms. The van der Waals surface area contributed by atoms with E-state index in [4.69, 9.17) is 5.26 Å². The van der Waals surface area contributed by atoms with E-state index >= 15 is 0 Å². The summed E-state index contributed by atoms with van der Waals surface area (Å²) in [6.07, 6.45) is 5.66. The lowest BCUT2D eigenvalue weighted by Crippen LogP contribution is -2.31. The van der Waals surface area contributed by atoms with E-state index in [0.29, 0.717) is 6.04 Å². The van der Waals surface area contributed by atoms with Crippen LogP contribution in [0.5, 0.6) is 0 Å². The Kier molecular flexibility index (Phi) is 1.90. The van der Waals surface area contributed by atoms with E-state index in [1.165, 1.54) is 12.0 Å². The molecule has 1 N–H and O–H groups in total. The second-order valence-corrected chi connectivity index (χ2v) is 3.94. The SMILES string of the molecule is CC1=CCC2NC(C#N)C[C@@H]2C1. The van der Waals surface area contributed by atoms with Crippen LogP contribution in [0.3, 0.4) is 0 Å². The first kappa shape index (κ1) is 7.82. The van der Waals surface area contributed by atoms with Crippen LogP contribution in [0.15, 0.2) is 11.6 Å². The number of nitrogens with one attached hydrogen (secondary N) is 1. The van der Waals surface area contributed by atoms with E-state index < -0.39 is 0 Å². The van der Waals surface area contributed by atoms with Crippen LogP contribution in [0, 0.1) is 17.2 Å². The molecule has 0 amide bonds. The van der Waals surface area contributed by atoms with Gasteiger partial charge in [-0.05, 0) is 32.1 Å². The molecule has 2 heteroatoms. The fraction of sp³-hybridized carbons (Fsp3) is 0.700. The van der Waals surface area contributed by atoms with E-state index in [1.54, 1.807) is 0 Å². The molecule has 2 unspecified atom stereocenters. The number of nitrogens with zero attached hydrogens (tertiary/aromatic N) is 1.